The second-order valence-corrected chi connectivity index (χ2v) is 7.50. The van der Waals surface area contributed by atoms with Crippen LogP contribution in [0.15, 0.2) is 88.2 Å². The van der Waals surface area contributed by atoms with Crippen LogP contribution in [0.1, 0.15) is 26.3 Å². The highest BCUT2D eigenvalue weighted by atomic mass is 32.2. The number of sulfonamides is 1. The van der Waals surface area contributed by atoms with Gasteiger partial charge in [-0.1, -0.05) is 30.3 Å². The van der Waals surface area contributed by atoms with E-state index in [4.69, 9.17) is 9.84 Å². The van der Waals surface area contributed by atoms with Gasteiger partial charge in [-0.3, -0.25) is 0 Å². The van der Waals surface area contributed by atoms with Crippen LogP contribution >= 0.6 is 0 Å². The Morgan fingerprint density at radius 2 is 1.41 bits per heavy atom. The van der Waals surface area contributed by atoms with Crippen molar-refractivity contribution in [3.05, 3.63) is 95.6 Å². The minimum Gasteiger partial charge on any atom is -0.478 e. The molecule has 146 valence electrons. The number of aromatic carboxylic acids is 1. The molecule has 0 heterocycles. The maximum absolute atomic E-state index is 12.2. The van der Waals surface area contributed by atoms with Gasteiger partial charge in [0.05, 0.1) is 16.0 Å². The Kier molecular flexibility index (Phi) is 5.85. The highest BCUT2D eigenvalue weighted by Crippen LogP contribution is 2.15. The summed E-state index contributed by atoms with van der Waals surface area (Å²) in [4.78, 5) is 22.8. The van der Waals surface area contributed by atoms with Crippen LogP contribution in [0, 0.1) is 0 Å². The van der Waals surface area contributed by atoms with Gasteiger partial charge in [-0.05, 0) is 54.1 Å². The Hall–Kier alpha value is -3.78. The first kappa shape index (κ1) is 20.0. The van der Waals surface area contributed by atoms with Crippen LogP contribution in [0.5, 0.6) is 5.75 Å². The Morgan fingerprint density at radius 1 is 0.828 bits per heavy atom. The molecule has 0 saturated heterocycles. The van der Waals surface area contributed by atoms with Gasteiger partial charge in [0.1, 0.15) is 5.75 Å². The molecule has 0 spiro atoms. The van der Waals surface area contributed by atoms with Gasteiger partial charge in [0.15, 0.2) is 0 Å². The molecule has 0 aromatic heterocycles. The second kappa shape index (κ2) is 8.49. The third kappa shape index (κ3) is 5.14. The highest BCUT2D eigenvalue weighted by Gasteiger charge is 2.13. The molecule has 0 aliphatic rings. The number of carbonyl (C=O) groups is 2. The van der Waals surface area contributed by atoms with Gasteiger partial charge in [0, 0.05) is 6.21 Å². The molecule has 0 unspecified atom stereocenters. The van der Waals surface area contributed by atoms with E-state index in [-0.39, 0.29) is 10.5 Å². The summed E-state index contributed by atoms with van der Waals surface area (Å²) < 4.78 is 33.3. The van der Waals surface area contributed by atoms with Crippen molar-refractivity contribution in [3.63, 3.8) is 0 Å². The number of ether oxygens (including phenoxy) is 1. The van der Waals surface area contributed by atoms with Crippen LogP contribution in [0.25, 0.3) is 0 Å². The van der Waals surface area contributed by atoms with E-state index in [1.54, 1.807) is 30.3 Å². The smallest absolute Gasteiger partial charge is 0.343 e. The predicted molar refractivity (Wildman–Crippen MR) is 106 cm³/mol. The van der Waals surface area contributed by atoms with Crippen LogP contribution < -0.4 is 4.74 Å². The normalized spacial score (nSPS) is 11.3. The van der Waals surface area contributed by atoms with Gasteiger partial charge >= 0.3 is 11.9 Å². The maximum atomic E-state index is 12.2. The van der Waals surface area contributed by atoms with Crippen molar-refractivity contribution in [1.82, 2.24) is 0 Å². The molecule has 0 radical (unpaired) electrons. The van der Waals surface area contributed by atoms with Gasteiger partial charge in [-0.25, -0.2) is 9.59 Å². The van der Waals surface area contributed by atoms with Crippen molar-refractivity contribution in [3.8, 4) is 5.75 Å². The number of hydrogen-bond donors (Lipinski definition) is 1. The lowest BCUT2D eigenvalue weighted by Crippen LogP contribution is -2.08. The van der Waals surface area contributed by atoms with Crippen LogP contribution in [-0.4, -0.2) is 31.7 Å². The van der Waals surface area contributed by atoms with Crippen molar-refractivity contribution in [1.29, 1.82) is 0 Å². The highest BCUT2D eigenvalue weighted by molar-refractivity contribution is 7.90. The molecule has 0 amide bonds. The number of carboxylic acids is 1. The fourth-order valence-corrected chi connectivity index (χ4v) is 3.18. The lowest BCUT2D eigenvalue weighted by atomic mass is 10.1. The number of para-hydroxylation sites is 1. The number of nitrogens with zero attached hydrogens (tertiary/aromatic N) is 1. The summed E-state index contributed by atoms with van der Waals surface area (Å²) in [5.41, 5.74) is 0.746. The standard InChI is InChI=1S/C21H15NO6S/c23-20(24)16-10-12-19(13-11-16)29(26,27)22-14-15-6-8-17(9-7-15)21(25)28-18-4-2-1-3-5-18/h1-14H,(H,23,24). The SMILES string of the molecule is O=C(O)c1ccc(S(=O)(=O)N=Cc2ccc(C(=O)Oc3ccccc3)cc2)cc1. The lowest BCUT2D eigenvalue weighted by Gasteiger charge is -2.04. The molecule has 7 nitrogen and oxygen atoms in total. The van der Waals surface area contributed by atoms with E-state index in [9.17, 15) is 18.0 Å². The van der Waals surface area contributed by atoms with E-state index < -0.39 is 22.0 Å². The molecule has 0 aliphatic carbocycles. The first-order chi connectivity index (χ1) is 13.8. The zero-order chi connectivity index (χ0) is 20.9. The average Bonchev–Trinajstić information content (AvgIpc) is 2.73. The molecule has 8 heteroatoms. The molecule has 0 aliphatic heterocycles. The molecule has 29 heavy (non-hydrogen) atoms. The summed E-state index contributed by atoms with van der Waals surface area (Å²) in [5.74, 6) is -1.27. The van der Waals surface area contributed by atoms with Crippen LogP contribution in [-0.2, 0) is 10.0 Å². The quantitative estimate of drug-likeness (QED) is 0.379. The molecule has 3 aromatic rings. The Morgan fingerprint density at radius 3 is 2.00 bits per heavy atom. The summed E-state index contributed by atoms with van der Waals surface area (Å²) in [7, 11) is -3.98. The average molecular weight is 409 g/mol. The monoisotopic (exact) mass is 409 g/mol. The molecule has 0 bridgehead atoms. The van der Waals surface area contributed by atoms with Crippen molar-refractivity contribution < 1.29 is 27.9 Å². The van der Waals surface area contributed by atoms with Crippen molar-refractivity contribution in [2.24, 2.45) is 4.40 Å². The van der Waals surface area contributed by atoms with Gasteiger partial charge in [0.2, 0.25) is 0 Å². The molecule has 0 fully saturated rings. The molecule has 0 atom stereocenters. The molecule has 1 N–H and O–H groups in total. The Balaban J connectivity index is 1.70. The fourth-order valence-electron chi connectivity index (χ4n) is 2.32. The first-order valence-corrected chi connectivity index (χ1v) is 9.80. The van der Waals surface area contributed by atoms with Gasteiger partial charge < -0.3 is 9.84 Å². The summed E-state index contributed by atoms with van der Waals surface area (Å²) in [6.07, 6.45) is 1.15. The third-order valence-electron chi connectivity index (χ3n) is 3.84. The van der Waals surface area contributed by atoms with E-state index in [0.29, 0.717) is 16.9 Å². The molecule has 0 saturated carbocycles. The molecular weight excluding hydrogens is 394 g/mol. The van der Waals surface area contributed by atoms with Crippen LogP contribution in [0.3, 0.4) is 0 Å². The van der Waals surface area contributed by atoms with Gasteiger partial charge in [-0.2, -0.15) is 12.8 Å². The zero-order valence-corrected chi connectivity index (χ0v) is 15.7. The van der Waals surface area contributed by atoms with Crippen molar-refractivity contribution in [2.75, 3.05) is 0 Å². The van der Waals surface area contributed by atoms with E-state index in [1.807, 2.05) is 0 Å². The fraction of sp³-hybridized carbons (Fsp3) is 0. The molecular formula is C21H15NO6S. The number of hydrogen-bond acceptors (Lipinski definition) is 5. The van der Waals surface area contributed by atoms with Crippen LogP contribution in [0.4, 0.5) is 0 Å². The Labute approximate surface area is 167 Å². The summed E-state index contributed by atoms with van der Waals surface area (Å²) in [6.45, 7) is 0. The number of carbonyl (C=O) groups excluding carboxylic acids is 1. The zero-order valence-electron chi connectivity index (χ0n) is 14.9. The number of carboxylic acid groups (broad SMARTS) is 1. The minimum atomic E-state index is -3.98. The number of benzene rings is 3. The summed E-state index contributed by atoms with van der Waals surface area (Å²) >= 11 is 0. The minimum absolute atomic E-state index is 0.0223. The second-order valence-electron chi connectivity index (χ2n) is 5.86. The van der Waals surface area contributed by atoms with E-state index in [1.165, 1.54) is 48.5 Å². The predicted octanol–water partition coefficient (Wildman–Crippen LogP) is 3.41. The van der Waals surface area contributed by atoms with Gasteiger partial charge in [-0.15, -0.1) is 0 Å². The number of esters is 1. The van der Waals surface area contributed by atoms with Crippen molar-refractivity contribution >= 4 is 28.2 Å². The largest absolute Gasteiger partial charge is 0.478 e. The lowest BCUT2D eigenvalue weighted by molar-refractivity contribution is 0.0694. The van der Waals surface area contributed by atoms with E-state index in [2.05, 4.69) is 4.40 Å². The molecule has 3 rings (SSSR count). The van der Waals surface area contributed by atoms with Gasteiger partial charge in [0.25, 0.3) is 10.0 Å². The van der Waals surface area contributed by atoms with E-state index in [0.717, 1.165) is 6.21 Å². The number of rotatable bonds is 6. The van der Waals surface area contributed by atoms with Crippen LogP contribution in [0.2, 0.25) is 0 Å². The summed E-state index contributed by atoms with van der Waals surface area (Å²) in [6, 6.07) is 19.4. The van der Waals surface area contributed by atoms with E-state index >= 15 is 0 Å². The maximum Gasteiger partial charge on any atom is 0.343 e. The molecule has 3 aromatic carbocycles. The van der Waals surface area contributed by atoms with Crippen molar-refractivity contribution in [2.45, 2.75) is 4.90 Å². The summed E-state index contributed by atoms with van der Waals surface area (Å²) in [5, 5.41) is 8.86. The third-order valence-corrected chi connectivity index (χ3v) is 5.09. The Bertz CT molecular complexity index is 1150. The first-order valence-electron chi connectivity index (χ1n) is 8.36. The topological polar surface area (TPSA) is 110 Å².